The number of hydrogen-bond acceptors (Lipinski definition) is 6. The normalized spacial score (nSPS) is 26.7. The van der Waals surface area contributed by atoms with E-state index in [-0.39, 0.29) is 23.7 Å². The number of hydrogen-bond donors (Lipinski definition) is 0. The number of aryl methyl sites for hydroxylation is 1. The number of nitrogens with zero attached hydrogens (tertiary/aromatic N) is 3. The standard InChI is InChI=1S/C20H23N3O4/c1-12-21-19(27-22-12)14-3-2-6-23(11-14)20(24)16-10-15(16)13-4-5-17-18(9-13)26-8-7-25-17/h4-5,9,14-16H,2-3,6-8,10-11H2,1H3. The summed E-state index contributed by atoms with van der Waals surface area (Å²) in [4.78, 5) is 19.4. The Morgan fingerprint density at radius 2 is 2.07 bits per heavy atom. The number of rotatable bonds is 3. The summed E-state index contributed by atoms with van der Waals surface area (Å²) >= 11 is 0. The SMILES string of the molecule is Cc1noc(C2CCCN(C(=O)C3CC3c3ccc4c(c3)OCCO4)C2)n1. The zero-order valence-corrected chi connectivity index (χ0v) is 15.4. The second-order valence-corrected chi connectivity index (χ2v) is 7.66. The monoisotopic (exact) mass is 369 g/mol. The Morgan fingerprint density at radius 1 is 1.22 bits per heavy atom. The van der Waals surface area contributed by atoms with Crippen molar-refractivity contribution in [1.29, 1.82) is 0 Å². The van der Waals surface area contributed by atoms with Crippen LogP contribution in [0.5, 0.6) is 11.5 Å². The van der Waals surface area contributed by atoms with Crippen LogP contribution in [0.25, 0.3) is 0 Å². The van der Waals surface area contributed by atoms with Gasteiger partial charge in [-0.25, -0.2) is 0 Å². The highest BCUT2D eigenvalue weighted by Gasteiger charge is 2.47. The summed E-state index contributed by atoms with van der Waals surface area (Å²) < 4.78 is 16.6. The number of carbonyl (C=O) groups is 1. The highest BCUT2D eigenvalue weighted by molar-refractivity contribution is 5.83. The third-order valence-corrected chi connectivity index (χ3v) is 5.73. The van der Waals surface area contributed by atoms with Gasteiger partial charge in [0.25, 0.3) is 0 Å². The first-order valence-corrected chi connectivity index (χ1v) is 9.67. The van der Waals surface area contributed by atoms with Crippen LogP contribution in [0.4, 0.5) is 0 Å². The van der Waals surface area contributed by atoms with Gasteiger partial charge in [0.1, 0.15) is 13.2 Å². The van der Waals surface area contributed by atoms with Gasteiger partial charge >= 0.3 is 0 Å². The Morgan fingerprint density at radius 3 is 2.89 bits per heavy atom. The summed E-state index contributed by atoms with van der Waals surface area (Å²) in [6.45, 7) is 4.47. The highest BCUT2D eigenvalue weighted by Crippen LogP contribution is 2.50. The number of aromatic nitrogens is 2. The molecule has 1 aromatic carbocycles. The number of ether oxygens (including phenoxy) is 2. The molecule has 1 saturated heterocycles. The molecule has 27 heavy (non-hydrogen) atoms. The van der Waals surface area contributed by atoms with Crippen molar-refractivity contribution < 1.29 is 18.8 Å². The molecule has 1 amide bonds. The summed E-state index contributed by atoms with van der Waals surface area (Å²) in [5.74, 6) is 3.63. The molecule has 1 saturated carbocycles. The molecule has 1 aliphatic carbocycles. The topological polar surface area (TPSA) is 77.7 Å². The van der Waals surface area contributed by atoms with Crippen molar-refractivity contribution in [2.75, 3.05) is 26.3 Å². The molecule has 0 radical (unpaired) electrons. The van der Waals surface area contributed by atoms with E-state index in [2.05, 4.69) is 16.2 Å². The summed E-state index contributed by atoms with van der Waals surface area (Å²) in [5, 5.41) is 3.88. The maximum absolute atomic E-state index is 13.0. The van der Waals surface area contributed by atoms with Crippen LogP contribution >= 0.6 is 0 Å². The fourth-order valence-corrected chi connectivity index (χ4v) is 4.22. The van der Waals surface area contributed by atoms with Crippen LogP contribution < -0.4 is 9.47 Å². The lowest BCUT2D eigenvalue weighted by Crippen LogP contribution is -2.40. The maximum atomic E-state index is 13.0. The van der Waals surface area contributed by atoms with Gasteiger partial charge in [-0.2, -0.15) is 4.98 Å². The quantitative estimate of drug-likeness (QED) is 0.828. The number of amides is 1. The van der Waals surface area contributed by atoms with Gasteiger partial charge < -0.3 is 18.9 Å². The molecule has 0 N–H and O–H groups in total. The van der Waals surface area contributed by atoms with Crippen LogP contribution in [-0.4, -0.2) is 47.3 Å². The summed E-state index contributed by atoms with van der Waals surface area (Å²) in [6.07, 6.45) is 2.86. The van der Waals surface area contributed by atoms with Crippen LogP contribution in [0.3, 0.4) is 0 Å². The molecule has 3 atom stereocenters. The molecule has 2 fully saturated rings. The Labute approximate surface area is 157 Å². The molecule has 1 aromatic heterocycles. The van der Waals surface area contributed by atoms with E-state index in [9.17, 15) is 4.79 Å². The van der Waals surface area contributed by atoms with Gasteiger partial charge in [-0.15, -0.1) is 0 Å². The average Bonchev–Trinajstić information content (AvgIpc) is 3.40. The van der Waals surface area contributed by atoms with Crippen molar-refractivity contribution in [3.63, 3.8) is 0 Å². The molecule has 3 aliphatic rings. The fraction of sp³-hybridized carbons (Fsp3) is 0.550. The van der Waals surface area contributed by atoms with E-state index < -0.39 is 0 Å². The van der Waals surface area contributed by atoms with E-state index in [1.165, 1.54) is 5.56 Å². The first-order chi connectivity index (χ1) is 13.2. The van der Waals surface area contributed by atoms with Gasteiger partial charge in [-0.3, -0.25) is 4.79 Å². The summed E-state index contributed by atoms with van der Waals surface area (Å²) in [7, 11) is 0. The molecule has 7 heteroatoms. The van der Waals surface area contributed by atoms with Crippen LogP contribution in [0.2, 0.25) is 0 Å². The van der Waals surface area contributed by atoms with Crippen LogP contribution in [0.15, 0.2) is 22.7 Å². The van der Waals surface area contributed by atoms with Gasteiger partial charge in [0.2, 0.25) is 11.8 Å². The van der Waals surface area contributed by atoms with Crippen molar-refractivity contribution in [1.82, 2.24) is 15.0 Å². The number of likely N-dealkylation sites (tertiary alicyclic amines) is 1. The molecule has 142 valence electrons. The lowest BCUT2D eigenvalue weighted by Gasteiger charge is -2.31. The first kappa shape index (κ1) is 16.6. The summed E-state index contributed by atoms with van der Waals surface area (Å²) in [5.41, 5.74) is 1.17. The molecule has 2 aromatic rings. The Kier molecular flexibility index (Phi) is 4.02. The van der Waals surface area contributed by atoms with Crippen molar-refractivity contribution in [3.8, 4) is 11.5 Å². The zero-order chi connectivity index (χ0) is 18.4. The molecule has 7 nitrogen and oxygen atoms in total. The molecule has 5 rings (SSSR count). The predicted octanol–water partition coefficient (Wildman–Crippen LogP) is 2.66. The van der Waals surface area contributed by atoms with Gasteiger partial charge in [-0.1, -0.05) is 11.2 Å². The van der Waals surface area contributed by atoms with Crippen molar-refractivity contribution in [3.05, 3.63) is 35.5 Å². The van der Waals surface area contributed by atoms with Crippen LogP contribution in [0, 0.1) is 12.8 Å². The van der Waals surface area contributed by atoms with Crippen molar-refractivity contribution in [2.24, 2.45) is 5.92 Å². The molecule has 3 unspecified atom stereocenters. The van der Waals surface area contributed by atoms with E-state index in [1.54, 1.807) is 0 Å². The number of fused-ring (bicyclic) bond motifs is 1. The lowest BCUT2D eigenvalue weighted by atomic mass is 9.97. The lowest BCUT2D eigenvalue weighted by molar-refractivity contribution is -0.134. The minimum Gasteiger partial charge on any atom is -0.486 e. The molecule has 3 heterocycles. The van der Waals surface area contributed by atoms with Crippen LogP contribution in [-0.2, 0) is 4.79 Å². The largest absolute Gasteiger partial charge is 0.486 e. The van der Waals surface area contributed by atoms with E-state index in [1.807, 2.05) is 24.0 Å². The molecular weight excluding hydrogens is 346 g/mol. The van der Waals surface area contributed by atoms with E-state index in [0.717, 1.165) is 37.3 Å². The second kappa shape index (κ2) is 6.55. The van der Waals surface area contributed by atoms with E-state index >= 15 is 0 Å². The Hall–Kier alpha value is -2.57. The van der Waals surface area contributed by atoms with Crippen LogP contribution in [0.1, 0.15) is 48.4 Å². The number of piperidine rings is 1. The molecule has 0 bridgehead atoms. The smallest absolute Gasteiger partial charge is 0.231 e. The average molecular weight is 369 g/mol. The van der Waals surface area contributed by atoms with Gasteiger partial charge in [0, 0.05) is 19.0 Å². The highest BCUT2D eigenvalue weighted by atomic mass is 16.6. The van der Waals surface area contributed by atoms with E-state index in [4.69, 9.17) is 14.0 Å². The third-order valence-electron chi connectivity index (χ3n) is 5.73. The third kappa shape index (κ3) is 3.15. The van der Waals surface area contributed by atoms with Gasteiger partial charge in [0.15, 0.2) is 17.3 Å². The Balaban J connectivity index is 1.25. The maximum Gasteiger partial charge on any atom is 0.231 e. The van der Waals surface area contributed by atoms with Crippen molar-refractivity contribution >= 4 is 5.91 Å². The van der Waals surface area contributed by atoms with Crippen molar-refractivity contribution in [2.45, 2.75) is 38.0 Å². The fourth-order valence-electron chi connectivity index (χ4n) is 4.22. The van der Waals surface area contributed by atoms with Gasteiger partial charge in [0.05, 0.1) is 5.92 Å². The summed E-state index contributed by atoms with van der Waals surface area (Å²) in [6, 6.07) is 6.05. The minimum absolute atomic E-state index is 0.0655. The molecular formula is C20H23N3O4. The number of carbonyl (C=O) groups excluding carboxylic acids is 1. The second-order valence-electron chi connectivity index (χ2n) is 7.66. The molecule has 2 aliphatic heterocycles. The van der Waals surface area contributed by atoms with E-state index in [0.29, 0.717) is 31.5 Å². The van der Waals surface area contributed by atoms with Gasteiger partial charge in [-0.05, 0) is 49.8 Å². The zero-order valence-electron chi connectivity index (χ0n) is 15.4. The predicted molar refractivity (Wildman–Crippen MR) is 95.9 cm³/mol. The first-order valence-electron chi connectivity index (χ1n) is 9.67. The number of benzene rings is 1. The Bertz CT molecular complexity index is 865. The molecule has 0 spiro atoms. The minimum atomic E-state index is 0.0655.